The number of hydrogen-bond donors (Lipinski definition) is 2. The maximum Gasteiger partial charge on any atom is 0.134 e. The molecule has 0 bridgehead atoms. The topological polar surface area (TPSA) is 45.4 Å². The third kappa shape index (κ3) is 4.48. The van der Waals surface area contributed by atoms with E-state index in [0.717, 1.165) is 22.6 Å². The Labute approximate surface area is 148 Å². The van der Waals surface area contributed by atoms with Gasteiger partial charge in [0.2, 0.25) is 0 Å². The molecular formula is C20H22ClNO2. The molecule has 0 radical (unpaired) electrons. The Morgan fingerprint density at radius 2 is 1.54 bits per heavy atom. The van der Waals surface area contributed by atoms with Gasteiger partial charge in [0, 0.05) is 11.6 Å². The molecule has 0 spiro atoms. The Morgan fingerprint density at radius 1 is 0.917 bits per heavy atom. The standard InChI is InChI=1S/C20H21NO2.ClH/c1-15(20(22)17-10-6-3-7-11-17)21-14-18-12-13-19(23-18)16-8-4-2-5-9-16;/h2-13,15,20-22H,14H2,1H3;1H. The Kier molecular flexibility index (Phi) is 6.62. The van der Waals surface area contributed by atoms with Crippen molar-refractivity contribution in [3.8, 4) is 11.3 Å². The van der Waals surface area contributed by atoms with E-state index in [1.165, 1.54) is 0 Å². The van der Waals surface area contributed by atoms with Gasteiger partial charge in [-0.05, 0) is 24.6 Å². The number of hydrogen-bond acceptors (Lipinski definition) is 3. The quantitative estimate of drug-likeness (QED) is 0.688. The molecular weight excluding hydrogens is 322 g/mol. The van der Waals surface area contributed by atoms with Crippen LogP contribution in [0.3, 0.4) is 0 Å². The predicted octanol–water partition coefficient (Wildman–Crippen LogP) is 4.58. The Balaban J connectivity index is 0.00000208. The van der Waals surface area contributed by atoms with Gasteiger partial charge in [-0.3, -0.25) is 0 Å². The average molecular weight is 344 g/mol. The van der Waals surface area contributed by atoms with Gasteiger partial charge >= 0.3 is 0 Å². The number of aliphatic hydroxyl groups is 1. The highest BCUT2D eigenvalue weighted by molar-refractivity contribution is 5.85. The largest absolute Gasteiger partial charge is 0.460 e. The van der Waals surface area contributed by atoms with Crippen LogP contribution in [0.5, 0.6) is 0 Å². The summed E-state index contributed by atoms with van der Waals surface area (Å²) in [7, 11) is 0. The van der Waals surface area contributed by atoms with E-state index < -0.39 is 6.10 Å². The molecule has 4 heteroatoms. The van der Waals surface area contributed by atoms with Gasteiger partial charge < -0.3 is 14.8 Å². The van der Waals surface area contributed by atoms with Gasteiger partial charge in [-0.15, -0.1) is 12.4 Å². The summed E-state index contributed by atoms with van der Waals surface area (Å²) in [6.45, 7) is 2.55. The first-order chi connectivity index (χ1) is 11.2. The van der Waals surface area contributed by atoms with Crippen LogP contribution in [0.2, 0.25) is 0 Å². The summed E-state index contributed by atoms with van der Waals surface area (Å²) >= 11 is 0. The maximum absolute atomic E-state index is 10.4. The fraction of sp³-hybridized carbons (Fsp3) is 0.200. The lowest BCUT2D eigenvalue weighted by Gasteiger charge is -2.20. The van der Waals surface area contributed by atoms with Crippen molar-refractivity contribution >= 4 is 12.4 Å². The van der Waals surface area contributed by atoms with Gasteiger partial charge in [0.1, 0.15) is 11.5 Å². The molecule has 2 aromatic carbocycles. The van der Waals surface area contributed by atoms with Gasteiger partial charge in [0.15, 0.2) is 0 Å². The highest BCUT2D eigenvalue weighted by Crippen LogP contribution is 2.22. The lowest BCUT2D eigenvalue weighted by atomic mass is 10.0. The minimum Gasteiger partial charge on any atom is -0.460 e. The molecule has 0 aliphatic rings. The van der Waals surface area contributed by atoms with E-state index in [1.54, 1.807) is 0 Å². The zero-order valence-electron chi connectivity index (χ0n) is 13.6. The van der Waals surface area contributed by atoms with Crippen LogP contribution in [-0.4, -0.2) is 11.1 Å². The smallest absolute Gasteiger partial charge is 0.134 e. The fourth-order valence-electron chi connectivity index (χ4n) is 2.54. The Morgan fingerprint density at radius 3 is 2.21 bits per heavy atom. The molecule has 1 heterocycles. The summed E-state index contributed by atoms with van der Waals surface area (Å²) in [5.41, 5.74) is 1.98. The van der Waals surface area contributed by atoms with Crippen molar-refractivity contribution in [2.45, 2.75) is 25.6 Å². The molecule has 3 rings (SSSR count). The van der Waals surface area contributed by atoms with Crippen molar-refractivity contribution in [3.05, 3.63) is 84.1 Å². The third-order valence-electron chi connectivity index (χ3n) is 3.93. The third-order valence-corrected chi connectivity index (χ3v) is 3.93. The number of aliphatic hydroxyl groups excluding tert-OH is 1. The number of rotatable bonds is 6. The fourth-order valence-corrected chi connectivity index (χ4v) is 2.54. The number of furan rings is 1. The van der Waals surface area contributed by atoms with Crippen LogP contribution in [0.15, 0.2) is 77.2 Å². The molecule has 3 aromatic rings. The van der Waals surface area contributed by atoms with Crippen LogP contribution in [0, 0.1) is 0 Å². The van der Waals surface area contributed by atoms with E-state index in [-0.39, 0.29) is 18.4 Å². The zero-order chi connectivity index (χ0) is 16.1. The molecule has 0 aliphatic heterocycles. The summed E-state index contributed by atoms with van der Waals surface area (Å²) in [6, 6.07) is 23.6. The van der Waals surface area contributed by atoms with Crippen molar-refractivity contribution in [3.63, 3.8) is 0 Å². The van der Waals surface area contributed by atoms with Gasteiger partial charge in [0.25, 0.3) is 0 Å². The summed E-state index contributed by atoms with van der Waals surface area (Å²) in [5.74, 6) is 1.72. The van der Waals surface area contributed by atoms with Crippen LogP contribution in [0.1, 0.15) is 24.4 Å². The predicted molar refractivity (Wildman–Crippen MR) is 99.1 cm³/mol. The Hall–Kier alpha value is -2.07. The van der Waals surface area contributed by atoms with Crippen molar-refractivity contribution < 1.29 is 9.52 Å². The normalized spacial score (nSPS) is 13.1. The molecule has 126 valence electrons. The highest BCUT2D eigenvalue weighted by atomic mass is 35.5. The van der Waals surface area contributed by atoms with E-state index in [1.807, 2.05) is 79.7 Å². The minimum absolute atomic E-state index is 0. The second-order valence-electron chi connectivity index (χ2n) is 5.66. The van der Waals surface area contributed by atoms with Gasteiger partial charge in [-0.25, -0.2) is 0 Å². The maximum atomic E-state index is 10.4. The monoisotopic (exact) mass is 343 g/mol. The second kappa shape index (κ2) is 8.69. The highest BCUT2D eigenvalue weighted by Gasteiger charge is 2.16. The molecule has 2 N–H and O–H groups in total. The van der Waals surface area contributed by atoms with E-state index in [4.69, 9.17) is 4.42 Å². The van der Waals surface area contributed by atoms with E-state index in [2.05, 4.69) is 5.32 Å². The first kappa shape index (κ1) is 18.3. The summed E-state index contributed by atoms with van der Waals surface area (Å²) in [4.78, 5) is 0. The van der Waals surface area contributed by atoms with Gasteiger partial charge in [-0.2, -0.15) is 0 Å². The van der Waals surface area contributed by atoms with E-state index in [0.29, 0.717) is 6.54 Å². The number of benzene rings is 2. The molecule has 0 saturated carbocycles. The van der Waals surface area contributed by atoms with Gasteiger partial charge in [0.05, 0.1) is 12.6 Å². The first-order valence-corrected chi connectivity index (χ1v) is 7.84. The number of nitrogens with one attached hydrogen (secondary N) is 1. The molecule has 1 aromatic heterocycles. The lowest BCUT2D eigenvalue weighted by Crippen LogP contribution is -2.31. The number of halogens is 1. The van der Waals surface area contributed by atoms with Crippen molar-refractivity contribution in [1.82, 2.24) is 5.32 Å². The van der Waals surface area contributed by atoms with Crippen LogP contribution in [0.25, 0.3) is 11.3 Å². The molecule has 3 nitrogen and oxygen atoms in total. The molecule has 0 saturated heterocycles. The molecule has 24 heavy (non-hydrogen) atoms. The van der Waals surface area contributed by atoms with Crippen molar-refractivity contribution in [2.75, 3.05) is 0 Å². The molecule has 2 unspecified atom stereocenters. The average Bonchev–Trinajstić information content (AvgIpc) is 3.09. The van der Waals surface area contributed by atoms with E-state index in [9.17, 15) is 5.11 Å². The SMILES string of the molecule is CC(NCc1ccc(-c2ccccc2)o1)C(O)c1ccccc1.Cl. The van der Waals surface area contributed by atoms with E-state index >= 15 is 0 Å². The van der Waals surface area contributed by atoms with Crippen molar-refractivity contribution in [2.24, 2.45) is 0 Å². The Bertz CT molecular complexity index is 728. The van der Waals surface area contributed by atoms with Crippen LogP contribution >= 0.6 is 12.4 Å². The van der Waals surface area contributed by atoms with Crippen molar-refractivity contribution in [1.29, 1.82) is 0 Å². The summed E-state index contributed by atoms with van der Waals surface area (Å²) in [6.07, 6.45) is -0.542. The summed E-state index contributed by atoms with van der Waals surface area (Å²) in [5, 5.41) is 13.7. The molecule has 0 fully saturated rings. The van der Waals surface area contributed by atoms with Crippen LogP contribution < -0.4 is 5.32 Å². The molecule has 0 aliphatic carbocycles. The van der Waals surface area contributed by atoms with Crippen LogP contribution in [-0.2, 0) is 6.54 Å². The zero-order valence-corrected chi connectivity index (χ0v) is 14.4. The first-order valence-electron chi connectivity index (χ1n) is 7.84. The minimum atomic E-state index is -0.542. The molecule has 0 amide bonds. The second-order valence-corrected chi connectivity index (χ2v) is 5.66. The molecule has 2 atom stereocenters. The van der Waals surface area contributed by atoms with Gasteiger partial charge in [-0.1, -0.05) is 60.7 Å². The summed E-state index contributed by atoms with van der Waals surface area (Å²) < 4.78 is 5.86. The van der Waals surface area contributed by atoms with Crippen LogP contribution in [0.4, 0.5) is 0 Å². The lowest BCUT2D eigenvalue weighted by molar-refractivity contribution is 0.134.